The third kappa shape index (κ3) is 5.50. The van der Waals surface area contributed by atoms with Gasteiger partial charge in [0.2, 0.25) is 0 Å². The van der Waals surface area contributed by atoms with E-state index in [0.717, 1.165) is 11.1 Å². The molecule has 2 aliphatic rings. The van der Waals surface area contributed by atoms with Crippen molar-refractivity contribution in [3.63, 3.8) is 0 Å². The highest BCUT2D eigenvalue weighted by Gasteiger charge is 2.53. The topological polar surface area (TPSA) is 124 Å². The Morgan fingerprint density at radius 3 is 1.85 bits per heavy atom. The van der Waals surface area contributed by atoms with Gasteiger partial charge in [-0.15, -0.1) is 0 Å². The minimum absolute atomic E-state index is 0.0548. The molecule has 0 N–H and O–H groups in total. The average molecular weight is 515 g/mol. The zero-order valence-corrected chi connectivity index (χ0v) is 20.3. The first-order valence-electron chi connectivity index (χ1n) is 10.5. The number of aryl methyl sites for hydroxylation is 2. The highest BCUT2D eigenvalue weighted by molar-refractivity contribution is 7.87. The van der Waals surface area contributed by atoms with Crippen molar-refractivity contribution in [3.05, 3.63) is 59.7 Å². The van der Waals surface area contributed by atoms with Gasteiger partial charge in [-0.25, -0.2) is 0 Å². The minimum Gasteiger partial charge on any atom is -0.353 e. The van der Waals surface area contributed by atoms with Crippen LogP contribution < -0.4 is 0 Å². The lowest BCUT2D eigenvalue weighted by molar-refractivity contribution is -0.280. The molecule has 2 fully saturated rings. The summed E-state index contributed by atoms with van der Waals surface area (Å²) in [6.45, 7) is 2.73. The lowest BCUT2D eigenvalue weighted by Crippen LogP contribution is -2.63. The van der Waals surface area contributed by atoms with Crippen LogP contribution in [0.3, 0.4) is 0 Å². The monoisotopic (exact) mass is 514 g/mol. The lowest BCUT2D eigenvalue weighted by Gasteiger charge is -2.45. The van der Waals surface area contributed by atoms with Gasteiger partial charge in [0.05, 0.1) is 29.6 Å². The molecule has 12 heteroatoms. The van der Waals surface area contributed by atoms with E-state index in [1.807, 2.05) is 13.8 Å². The third-order valence-electron chi connectivity index (χ3n) is 5.47. The van der Waals surface area contributed by atoms with Gasteiger partial charge in [0.15, 0.2) is 5.60 Å². The van der Waals surface area contributed by atoms with Crippen LogP contribution in [0.5, 0.6) is 0 Å². The van der Waals surface area contributed by atoms with E-state index in [9.17, 15) is 16.8 Å². The van der Waals surface area contributed by atoms with Crippen molar-refractivity contribution in [3.8, 4) is 0 Å². The summed E-state index contributed by atoms with van der Waals surface area (Å²) in [5.41, 5.74) is 0.0472. The fourth-order valence-corrected chi connectivity index (χ4v) is 5.99. The van der Waals surface area contributed by atoms with Crippen molar-refractivity contribution in [2.45, 2.75) is 41.4 Å². The van der Waals surface area contributed by atoms with Crippen LogP contribution in [0.2, 0.25) is 0 Å². The smallest absolute Gasteiger partial charge is 0.297 e. The second kappa shape index (κ2) is 9.99. The van der Waals surface area contributed by atoms with Crippen LogP contribution >= 0.6 is 0 Å². The summed E-state index contributed by atoms with van der Waals surface area (Å²) in [6.07, 6.45) is -2.42. The molecule has 34 heavy (non-hydrogen) atoms. The number of benzene rings is 2. The van der Waals surface area contributed by atoms with Gasteiger partial charge in [-0.05, 0) is 38.1 Å². The number of rotatable bonds is 7. The second-order valence-electron chi connectivity index (χ2n) is 8.21. The SMILES string of the molecule is Cc1ccc(S(=O)(=O)OC2COCOC2C2(OS(=O)(=O)c3ccc(C)cc3)COCOC2)cc1. The Bertz CT molecular complexity index is 1190. The molecule has 4 rings (SSSR count). The van der Waals surface area contributed by atoms with E-state index >= 15 is 0 Å². The molecule has 186 valence electrons. The van der Waals surface area contributed by atoms with Crippen LogP contribution in [0.25, 0.3) is 0 Å². The first-order chi connectivity index (χ1) is 16.1. The quantitative estimate of drug-likeness (QED) is 0.506. The molecule has 2 aromatic rings. The van der Waals surface area contributed by atoms with Gasteiger partial charge in [-0.1, -0.05) is 35.4 Å². The van der Waals surface area contributed by atoms with Gasteiger partial charge >= 0.3 is 0 Å². The summed E-state index contributed by atoms with van der Waals surface area (Å²) in [4.78, 5) is -0.124. The van der Waals surface area contributed by atoms with Crippen LogP contribution in [-0.4, -0.2) is 68.1 Å². The molecule has 2 aromatic carbocycles. The molecule has 0 saturated carbocycles. The molecule has 0 radical (unpaired) electrons. The molecule has 2 saturated heterocycles. The molecule has 2 heterocycles. The number of hydrogen-bond acceptors (Lipinski definition) is 10. The average Bonchev–Trinajstić information content (AvgIpc) is 2.80. The largest absolute Gasteiger partial charge is 0.353 e. The Balaban J connectivity index is 1.64. The summed E-state index contributed by atoms with van der Waals surface area (Å²) < 4.78 is 84.9. The van der Waals surface area contributed by atoms with E-state index < -0.39 is 38.0 Å². The van der Waals surface area contributed by atoms with Gasteiger partial charge in [0.1, 0.15) is 25.8 Å². The predicted molar refractivity (Wildman–Crippen MR) is 118 cm³/mol. The predicted octanol–water partition coefficient (Wildman–Crippen LogP) is 1.90. The van der Waals surface area contributed by atoms with Crippen molar-refractivity contribution in [1.29, 1.82) is 0 Å². The summed E-state index contributed by atoms with van der Waals surface area (Å²) in [7, 11) is -8.52. The maximum Gasteiger partial charge on any atom is 0.297 e. The Morgan fingerprint density at radius 2 is 1.29 bits per heavy atom. The number of hydrogen-bond donors (Lipinski definition) is 0. The molecule has 0 bridgehead atoms. The van der Waals surface area contributed by atoms with E-state index in [1.54, 1.807) is 24.3 Å². The van der Waals surface area contributed by atoms with Crippen molar-refractivity contribution >= 4 is 20.2 Å². The van der Waals surface area contributed by atoms with E-state index in [0.29, 0.717) is 0 Å². The van der Waals surface area contributed by atoms with Crippen LogP contribution in [-0.2, 0) is 47.5 Å². The molecule has 2 aliphatic heterocycles. The Morgan fingerprint density at radius 1 is 0.765 bits per heavy atom. The second-order valence-corrected chi connectivity index (χ2v) is 11.3. The molecular formula is C22H26O10S2. The van der Waals surface area contributed by atoms with Gasteiger partial charge in [0, 0.05) is 0 Å². The highest BCUT2D eigenvalue weighted by Crippen LogP contribution is 2.34. The molecule has 0 amide bonds. The lowest BCUT2D eigenvalue weighted by atomic mass is 9.93. The van der Waals surface area contributed by atoms with Crippen LogP contribution in [0.1, 0.15) is 11.1 Å². The van der Waals surface area contributed by atoms with E-state index in [2.05, 4.69) is 0 Å². The maximum atomic E-state index is 13.1. The van der Waals surface area contributed by atoms with E-state index in [-0.39, 0.29) is 43.2 Å². The van der Waals surface area contributed by atoms with Crippen LogP contribution in [0.4, 0.5) is 0 Å². The summed E-state index contributed by atoms with van der Waals surface area (Å²) in [5.74, 6) is 0. The van der Waals surface area contributed by atoms with Gasteiger partial charge in [0.25, 0.3) is 20.2 Å². The summed E-state index contributed by atoms with van der Waals surface area (Å²) in [6, 6.07) is 12.2. The first-order valence-corrected chi connectivity index (χ1v) is 13.3. The fraction of sp³-hybridized carbons (Fsp3) is 0.455. The van der Waals surface area contributed by atoms with Gasteiger partial charge in [-0.3, -0.25) is 8.37 Å². The minimum atomic E-state index is -4.29. The van der Waals surface area contributed by atoms with Crippen LogP contribution in [0, 0.1) is 13.8 Å². The Hall–Kier alpha value is -1.90. The maximum absolute atomic E-state index is 13.1. The first kappa shape index (κ1) is 25.2. The summed E-state index contributed by atoms with van der Waals surface area (Å²) >= 11 is 0. The molecule has 2 unspecified atom stereocenters. The standard InChI is InChI=1S/C22H26O10S2/c1-16-3-7-18(8-4-16)33(23,24)31-20-11-27-15-30-21(20)22(12-28-14-29-13-22)32-34(25,26)19-9-5-17(2)6-10-19/h3-10,20-21H,11-15H2,1-2H3. The highest BCUT2D eigenvalue weighted by atomic mass is 32.2. The summed E-state index contributed by atoms with van der Waals surface area (Å²) in [5, 5.41) is 0. The Kier molecular flexibility index (Phi) is 7.41. The number of ether oxygens (including phenoxy) is 4. The zero-order chi connectivity index (χ0) is 24.4. The molecule has 0 spiro atoms. The normalized spacial score (nSPS) is 23.5. The van der Waals surface area contributed by atoms with Crippen molar-refractivity contribution in [2.24, 2.45) is 0 Å². The molecular weight excluding hydrogens is 488 g/mol. The molecule has 10 nitrogen and oxygen atoms in total. The zero-order valence-electron chi connectivity index (χ0n) is 18.7. The van der Waals surface area contributed by atoms with Gasteiger partial charge in [-0.2, -0.15) is 16.8 Å². The fourth-order valence-electron chi connectivity index (χ4n) is 3.73. The Labute approximate surface area is 198 Å². The molecule has 0 aliphatic carbocycles. The van der Waals surface area contributed by atoms with Crippen LogP contribution in [0.15, 0.2) is 58.3 Å². The van der Waals surface area contributed by atoms with Gasteiger partial charge < -0.3 is 18.9 Å². The molecule has 0 aromatic heterocycles. The van der Waals surface area contributed by atoms with E-state index in [4.69, 9.17) is 27.3 Å². The third-order valence-corrected chi connectivity index (χ3v) is 8.22. The van der Waals surface area contributed by atoms with Crippen molar-refractivity contribution in [2.75, 3.05) is 33.4 Å². The van der Waals surface area contributed by atoms with Crippen molar-refractivity contribution < 1.29 is 44.1 Å². The van der Waals surface area contributed by atoms with E-state index in [1.165, 1.54) is 24.3 Å². The molecule has 2 atom stereocenters. The van der Waals surface area contributed by atoms with Crippen molar-refractivity contribution in [1.82, 2.24) is 0 Å².